The van der Waals surface area contributed by atoms with Crippen molar-refractivity contribution in [1.82, 2.24) is 10.8 Å². The standard InChI is InChI=1S/C23H29FN2O3/c1-17-15-19(10-12-21(17)24)16-20(23(28)26-29)9-5-6-14-25-22(27)13-11-18-7-3-2-4-8-18/h2-4,7-8,10,12,15,20,29H,5-6,9,11,13-14,16H2,1H3,(H,25,27)(H,26,28)/t20-/m0/s1. The van der Waals surface area contributed by atoms with Gasteiger partial charge in [0.2, 0.25) is 11.8 Å². The van der Waals surface area contributed by atoms with Crippen molar-refractivity contribution in [3.63, 3.8) is 0 Å². The summed E-state index contributed by atoms with van der Waals surface area (Å²) in [5.74, 6) is -1.11. The van der Waals surface area contributed by atoms with Crippen LogP contribution in [0, 0.1) is 18.7 Å². The van der Waals surface area contributed by atoms with Gasteiger partial charge in [-0.3, -0.25) is 14.8 Å². The molecule has 1 atom stereocenters. The molecule has 0 saturated carbocycles. The molecule has 0 radical (unpaired) electrons. The van der Waals surface area contributed by atoms with Gasteiger partial charge in [0.05, 0.1) is 0 Å². The zero-order chi connectivity index (χ0) is 21.1. The summed E-state index contributed by atoms with van der Waals surface area (Å²) in [6.45, 7) is 2.23. The highest BCUT2D eigenvalue weighted by molar-refractivity contribution is 5.77. The van der Waals surface area contributed by atoms with Gasteiger partial charge < -0.3 is 5.32 Å². The van der Waals surface area contributed by atoms with Crippen molar-refractivity contribution in [3.05, 3.63) is 71.0 Å². The van der Waals surface area contributed by atoms with Gasteiger partial charge in [-0.1, -0.05) is 48.9 Å². The van der Waals surface area contributed by atoms with Gasteiger partial charge in [-0.05, 0) is 55.4 Å². The van der Waals surface area contributed by atoms with Crippen molar-refractivity contribution in [3.8, 4) is 0 Å². The first-order valence-corrected chi connectivity index (χ1v) is 9.99. The number of amides is 2. The fourth-order valence-corrected chi connectivity index (χ4v) is 3.27. The Morgan fingerprint density at radius 3 is 2.52 bits per heavy atom. The molecule has 0 aromatic heterocycles. The van der Waals surface area contributed by atoms with Gasteiger partial charge in [0, 0.05) is 18.9 Å². The third-order valence-corrected chi connectivity index (χ3v) is 4.97. The molecular weight excluding hydrogens is 371 g/mol. The number of benzene rings is 2. The first-order chi connectivity index (χ1) is 14.0. The Hall–Kier alpha value is -2.73. The van der Waals surface area contributed by atoms with Gasteiger partial charge in [0.25, 0.3) is 0 Å². The van der Waals surface area contributed by atoms with Crippen molar-refractivity contribution in [2.75, 3.05) is 6.54 Å². The van der Waals surface area contributed by atoms with E-state index >= 15 is 0 Å². The summed E-state index contributed by atoms with van der Waals surface area (Å²) < 4.78 is 13.4. The summed E-state index contributed by atoms with van der Waals surface area (Å²) in [5.41, 5.74) is 4.24. The SMILES string of the molecule is Cc1cc(C[C@H](CCCCNC(=O)CCc2ccccc2)C(=O)NO)ccc1F. The molecule has 0 fully saturated rings. The van der Waals surface area contributed by atoms with E-state index in [0.717, 1.165) is 24.0 Å². The average Bonchev–Trinajstić information content (AvgIpc) is 2.73. The molecule has 2 aromatic rings. The Morgan fingerprint density at radius 1 is 1.07 bits per heavy atom. The summed E-state index contributed by atoms with van der Waals surface area (Å²) >= 11 is 0. The van der Waals surface area contributed by atoms with Crippen molar-refractivity contribution in [2.45, 2.75) is 45.4 Å². The molecule has 0 unspecified atom stereocenters. The molecule has 0 aliphatic carbocycles. The molecule has 0 bridgehead atoms. The lowest BCUT2D eigenvalue weighted by molar-refractivity contribution is -0.133. The van der Waals surface area contributed by atoms with Gasteiger partial charge in [-0.25, -0.2) is 9.87 Å². The number of halogens is 1. The second-order valence-electron chi connectivity index (χ2n) is 7.29. The monoisotopic (exact) mass is 400 g/mol. The van der Waals surface area contributed by atoms with Gasteiger partial charge in [0.1, 0.15) is 5.82 Å². The molecule has 0 spiro atoms. The van der Waals surface area contributed by atoms with E-state index in [1.807, 2.05) is 30.3 Å². The number of nitrogens with one attached hydrogen (secondary N) is 2. The summed E-state index contributed by atoms with van der Waals surface area (Å²) in [6.07, 6.45) is 3.64. The normalized spacial score (nSPS) is 11.7. The Kier molecular flexibility index (Phi) is 9.31. The molecule has 0 aliphatic heterocycles. The molecule has 0 aliphatic rings. The maximum atomic E-state index is 13.4. The van der Waals surface area contributed by atoms with Crippen LogP contribution < -0.4 is 10.8 Å². The fourth-order valence-electron chi connectivity index (χ4n) is 3.27. The van der Waals surface area contributed by atoms with Crippen LogP contribution in [0.2, 0.25) is 0 Å². The number of carbonyl (C=O) groups excluding carboxylic acids is 2. The van der Waals surface area contributed by atoms with Crippen LogP contribution in [0.5, 0.6) is 0 Å². The van der Waals surface area contributed by atoms with E-state index in [-0.39, 0.29) is 11.7 Å². The lowest BCUT2D eigenvalue weighted by Crippen LogP contribution is -2.30. The van der Waals surface area contributed by atoms with Crippen molar-refractivity contribution in [2.24, 2.45) is 5.92 Å². The molecule has 6 heteroatoms. The zero-order valence-corrected chi connectivity index (χ0v) is 16.8. The maximum absolute atomic E-state index is 13.4. The van der Waals surface area contributed by atoms with Gasteiger partial charge >= 0.3 is 0 Å². The number of rotatable bonds is 11. The molecule has 156 valence electrons. The van der Waals surface area contributed by atoms with E-state index in [9.17, 15) is 14.0 Å². The van der Waals surface area contributed by atoms with E-state index in [1.165, 1.54) is 6.07 Å². The second kappa shape index (κ2) is 12.0. The highest BCUT2D eigenvalue weighted by atomic mass is 19.1. The molecule has 0 heterocycles. The van der Waals surface area contributed by atoms with E-state index in [0.29, 0.717) is 37.8 Å². The van der Waals surface area contributed by atoms with E-state index in [4.69, 9.17) is 5.21 Å². The van der Waals surface area contributed by atoms with Crippen LogP contribution in [0.1, 0.15) is 42.4 Å². The van der Waals surface area contributed by atoms with Crippen LogP contribution in [0.4, 0.5) is 4.39 Å². The number of carbonyl (C=O) groups is 2. The lowest BCUT2D eigenvalue weighted by atomic mass is 9.92. The van der Waals surface area contributed by atoms with Crippen molar-refractivity contribution >= 4 is 11.8 Å². The molecular formula is C23H29FN2O3. The topological polar surface area (TPSA) is 78.4 Å². The minimum absolute atomic E-state index is 0.0142. The molecule has 0 saturated heterocycles. The fraction of sp³-hybridized carbons (Fsp3) is 0.391. The third-order valence-electron chi connectivity index (χ3n) is 4.97. The predicted molar refractivity (Wildman–Crippen MR) is 110 cm³/mol. The molecule has 2 amide bonds. The van der Waals surface area contributed by atoms with Crippen molar-refractivity contribution < 1.29 is 19.2 Å². The van der Waals surface area contributed by atoms with Gasteiger partial charge in [-0.2, -0.15) is 0 Å². The van der Waals surface area contributed by atoms with Crippen molar-refractivity contribution in [1.29, 1.82) is 0 Å². The second-order valence-corrected chi connectivity index (χ2v) is 7.29. The first kappa shape index (κ1) is 22.6. The Bertz CT molecular complexity index is 796. The highest BCUT2D eigenvalue weighted by Gasteiger charge is 2.18. The predicted octanol–water partition coefficient (Wildman–Crippen LogP) is 3.72. The van der Waals surface area contributed by atoms with Crippen LogP contribution in [-0.4, -0.2) is 23.6 Å². The summed E-state index contributed by atoms with van der Waals surface area (Å²) in [6, 6.07) is 14.6. The van der Waals surface area contributed by atoms with E-state index < -0.39 is 11.8 Å². The zero-order valence-electron chi connectivity index (χ0n) is 16.8. The number of hydrogen-bond donors (Lipinski definition) is 3. The minimum Gasteiger partial charge on any atom is -0.356 e. The molecule has 5 nitrogen and oxygen atoms in total. The minimum atomic E-state index is -0.445. The summed E-state index contributed by atoms with van der Waals surface area (Å²) in [4.78, 5) is 23.9. The quantitative estimate of drug-likeness (QED) is 0.306. The smallest absolute Gasteiger partial charge is 0.246 e. The van der Waals surface area contributed by atoms with E-state index in [1.54, 1.807) is 24.5 Å². The van der Waals surface area contributed by atoms with Crippen LogP contribution in [0.15, 0.2) is 48.5 Å². The first-order valence-electron chi connectivity index (χ1n) is 9.99. The Morgan fingerprint density at radius 2 is 1.83 bits per heavy atom. The van der Waals surface area contributed by atoms with E-state index in [2.05, 4.69) is 5.32 Å². The molecule has 3 N–H and O–H groups in total. The highest BCUT2D eigenvalue weighted by Crippen LogP contribution is 2.18. The molecule has 2 aromatic carbocycles. The van der Waals surface area contributed by atoms with Gasteiger partial charge in [-0.15, -0.1) is 0 Å². The summed E-state index contributed by atoms with van der Waals surface area (Å²) in [5, 5.41) is 11.9. The van der Waals surface area contributed by atoms with Crippen LogP contribution in [-0.2, 0) is 22.4 Å². The number of hydrogen-bond acceptors (Lipinski definition) is 3. The largest absolute Gasteiger partial charge is 0.356 e. The lowest BCUT2D eigenvalue weighted by Gasteiger charge is -2.15. The Balaban J connectivity index is 1.70. The number of hydroxylamine groups is 1. The number of aryl methyl sites for hydroxylation is 2. The average molecular weight is 400 g/mol. The molecule has 2 rings (SSSR count). The number of unbranched alkanes of at least 4 members (excludes halogenated alkanes) is 1. The van der Waals surface area contributed by atoms with Crippen LogP contribution >= 0.6 is 0 Å². The van der Waals surface area contributed by atoms with Gasteiger partial charge in [0.15, 0.2) is 0 Å². The Labute approximate surface area is 171 Å². The molecule has 29 heavy (non-hydrogen) atoms. The van der Waals surface area contributed by atoms with Crippen LogP contribution in [0.3, 0.4) is 0 Å². The van der Waals surface area contributed by atoms with Crippen LogP contribution in [0.25, 0.3) is 0 Å². The maximum Gasteiger partial charge on any atom is 0.246 e. The summed E-state index contributed by atoms with van der Waals surface area (Å²) in [7, 11) is 0. The third kappa shape index (κ3) is 8.03.